The van der Waals surface area contributed by atoms with E-state index in [0.717, 1.165) is 34.5 Å². The van der Waals surface area contributed by atoms with E-state index in [4.69, 9.17) is 9.15 Å². The Kier molecular flexibility index (Phi) is 9.80. The van der Waals surface area contributed by atoms with E-state index in [1.807, 2.05) is 55.2 Å². The molecule has 3 aromatic rings. The van der Waals surface area contributed by atoms with Gasteiger partial charge in [-0.3, -0.25) is 9.59 Å². The lowest BCUT2D eigenvalue weighted by atomic mass is 9.93. The van der Waals surface area contributed by atoms with Crippen LogP contribution in [0.3, 0.4) is 0 Å². The Bertz CT molecular complexity index is 1700. The van der Waals surface area contributed by atoms with E-state index in [2.05, 4.69) is 16.9 Å². The van der Waals surface area contributed by atoms with E-state index >= 15 is 0 Å². The summed E-state index contributed by atoms with van der Waals surface area (Å²) in [4.78, 5) is 31.9. The lowest BCUT2D eigenvalue weighted by Gasteiger charge is -2.27. The van der Waals surface area contributed by atoms with E-state index in [0.29, 0.717) is 60.5 Å². The van der Waals surface area contributed by atoms with Crippen molar-refractivity contribution in [1.29, 1.82) is 0 Å². The van der Waals surface area contributed by atoms with Crippen molar-refractivity contribution in [2.45, 2.75) is 52.9 Å². The number of nitrogens with zero attached hydrogens (tertiary/aromatic N) is 2. The summed E-state index contributed by atoms with van der Waals surface area (Å²) in [6.45, 7) is 12.0. The zero-order valence-electron chi connectivity index (χ0n) is 25.8. The first-order valence-electron chi connectivity index (χ1n) is 15.3. The largest absolute Gasteiger partial charge is 0.507 e. The molecular formula is C36H41N3O5. The highest BCUT2D eigenvalue weighted by atomic mass is 16.5. The summed E-state index contributed by atoms with van der Waals surface area (Å²) >= 11 is 0. The molecule has 0 amide bonds. The summed E-state index contributed by atoms with van der Waals surface area (Å²) in [7, 11) is 0. The van der Waals surface area contributed by atoms with Crippen molar-refractivity contribution in [1.82, 2.24) is 0 Å². The summed E-state index contributed by atoms with van der Waals surface area (Å²) in [6, 6.07) is 12.1. The maximum absolute atomic E-state index is 12.9. The van der Waals surface area contributed by atoms with Crippen LogP contribution in [-0.4, -0.2) is 42.9 Å². The average Bonchev–Trinajstić information content (AvgIpc) is 3.53. The SMILES string of the molecule is C=C(\N=C(C)/C(=C\C)/C=C(\CC1CCCC1)C(C)=O)Nc1cccc(-c2cc3oc(N4CCOCC4)cc(=O)c3cc2O)c1. The van der Waals surface area contributed by atoms with Crippen LogP contribution in [0.4, 0.5) is 11.6 Å². The fourth-order valence-electron chi connectivity index (χ4n) is 5.99. The number of Topliss-reactive ketones (excluding diaryl/α,β-unsaturated/α-hetero) is 1. The highest BCUT2D eigenvalue weighted by Crippen LogP contribution is 2.35. The molecule has 2 aliphatic rings. The van der Waals surface area contributed by atoms with Gasteiger partial charge in [0.25, 0.3) is 0 Å². The third-order valence-electron chi connectivity index (χ3n) is 8.41. The van der Waals surface area contributed by atoms with Gasteiger partial charge in [0.05, 0.1) is 18.6 Å². The third-order valence-corrected chi connectivity index (χ3v) is 8.41. The van der Waals surface area contributed by atoms with Crippen molar-refractivity contribution < 1.29 is 19.1 Å². The zero-order valence-corrected chi connectivity index (χ0v) is 25.8. The van der Waals surface area contributed by atoms with Crippen LogP contribution in [0.15, 0.2) is 92.4 Å². The van der Waals surface area contributed by atoms with E-state index in [-0.39, 0.29) is 17.0 Å². The molecule has 2 N–H and O–H groups in total. The quantitative estimate of drug-likeness (QED) is 0.143. The van der Waals surface area contributed by atoms with E-state index in [9.17, 15) is 14.7 Å². The summed E-state index contributed by atoms with van der Waals surface area (Å²) in [5, 5.41) is 14.4. The van der Waals surface area contributed by atoms with Gasteiger partial charge in [0.1, 0.15) is 17.2 Å². The molecule has 2 fully saturated rings. The van der Waals surface area contributed by atoms with E-state index < -0.39 is 0 Å². The monoisotopic (exact) mass is 595 g/mol. The minimum absolute atomic E-state index is 0.0165. The summed E-state index contributed by atoms with van der Waals surface area (Å²) < 4.78 is 11.6. The van der Waals surface area contributed by atoms with Crippen LogP contribution >= 0.6 is 0 Å². The molecule has 1 aromatic heterocycles. The predicted molar refractivity (Wildman–Crippen MR) is 178 cm³/mol. The number of hydrogen-bond acceptors (Lipinski definition) is 8. The maximum Gasteiger partial charge on any atom is 0.200 e. The Morgan fingerprint density at radius 3 is 2.59 bits per heavy atom. The number of aliphatic imine (C=N–C) groups is 1. The number of benzene rings is 2. The van der Waals surface area contributed by atoms with Crippen molar-refractivity contribution in [3.63, 3.8) is 0 Å². The minimum atomic E-state index is -0.209. The molecule has 1 saturated carbocycles. The number of anilines is 2. The lowest BCUT2D eigenvalue weighted by Crippen LogP contribution is -2.36. The Morgan fingerprint density at radius 1 is 1.14 bits per heavy atom. The molecule has 44 heavy (non-hydrogen) atoms. The number of carbonyl (C=O) groups is 1. The predicted octanol–water partition coefficient (Wildman–Crippen LogP) is 7.39. The Balaban J connectivity index is 1.35. The summed E-state index contributed by atoms with van der Waals surface area (Å²) in [5.74, 6) is 1.60. The molecule has 2 heterocycles. The standard InChI is InChI=1S/C36H41N3O5/c1-5-27(18-29(24(3)40)17-26-9-6-7-10-26)23(2)37-25(4)38-30-12-8-11-28(19-30)31-21-35-32(20-33(31)41)34(42)22-36(44-35)39-13-15-43-16-14-39/h5,8,11-12,18-22,26,38,41H,4,6-7,9-10,13-17H2,1-3H3/b27-5-,29-18+,37-23-. The molecule has 1 aliphatic carbocycles. The molecule has 5 rings (SSSR count). The maximum atomic E-state index is 12.9. The number of fused-ring (bicyclic) bond motifs is 1. The van der Waals surface area contributed by atoms with Gasteiger partial charge < -0.3 is 24.5 Å². The van der Waals surface area contributed by atoms with Crippen molar-refractivity contribution >= 4 is 34.0 Å². The molecule has 230 valence electrons. The van der Waals surface area contributed by atoms with Crippen LogP contribution in [0, 0.1) is 5.92 Å². The second-order valence-corrected chi connectivity index (χ2v) is 11.6. The van der Waals surface area contributed by atoms with E-state index in [1.54, 1.807) is 13.0 Å². The second-order valence-electron chi connectivity index (χ2n) is 11.6. The van der Waals surface area contributed by atoms with Crippen LogP contribution in [0.25, 0.3) is 22.1 Å². The molecule has 8 heteroatoms. The summed E-state index contributed by atoms with van der Waals surface area (Å²) in [5.41, 5.74) is 4.68. The molecule has 0 atom stereocenters. The van der Waals surface area contributed by atoms with Gasteiger partial charge in [-0.1, -0.05) is 50.5 Å². The van der Waals surface area contributed by atoms with Crippen LogP contribution in [0.5, 0.6) is 5.75 Å². The van der Waals surface area contributed by atoms with Gasteiger partial charge in [-0.2, -0.15) is 0 Å². The number of aromatic hydroxyl groups is 1. The number of hydrogen-bond donors (Lipinski definition) is 2. The third kappa shape index (κ3) is 7.37. The molecule has 1 aliphatic heterocycles. The van der Waals surface area contributed by atoms with Crippen molar-refractivity contribution in [2.75, 3.05) is 36.5 Å². The molecule has 2 aromatic carbocycles. The van der Waals surface area contributed by atoms with Gasteiger partial charge in [0.15, 0.2) is 17.1 Å². The van der Waals surface area contributed by atoms with Crippen LogP contribution in [-0.2, 0) is 9.53 Å². The lowest BCUT2D eigenvalue weighted by molar-refractivity contribution is -0.113. The molecule has 8 nitrogen and oxygen atoms in total. The normalized spacial score (nSPS) is 16.9. The van der Waals surface area contributed by atoms with Crippen molar-refractivity contribution in [3.8, 4) is 16.9 Å². The van der Waals surface area contributed by atoms with Gasteiger partial charge in [-0.05, 0) is 80.2 Å². The fraction of sp³-hybridized carbons (Fsp3) is 0.361. The molecule has 0 spiro atoms. The Labute approximate surface area is 258 Å². The van der Waals surface area contributed by atoms with Crippen molar-refractivity contribution in [2.24, 2.45) is 10.9 Å². The molecule has 1 saturated heterocycles. The van der Waals surface area contributed by atoms with Crippen molar-refractivity contribution in [3.05, 3.63) is 88.4 Å². The number of carbonyl (C=O) groups excluding carboxylic acids is 1. The van der Waals surface area contributed by atoms with E-state index in [1.165, 1.54) is 37.8 Å². The highest BCUT2D eigenvalue weighted by molar-refractivity contribution is 6.04. The second kappa shape index (κ2) is 13.9. The van der Waals surface area contributed by atoms with Gasteiger partial charge in [0.2, 0.25) is 0 Å². The zero-order chi connectivity index (χ0) is 31.2. The molecule has 0 bridgehead atoms. The number of nitrogens with one attached hydrogen (secondary N) is 1. The smallest absolute Gasteiger partial charge is 0.200 e. The van der Waals surface area contributed by atoms with Gasteiger partial charge in [-0.25, -0.2) is 4.99 Å². The van der Waals surface area contributed by atoms with Gasteiger partial charge in [0, 0.05) is 36.1 Å². The topological polar surface area (TPSA) is 104 Å². The molecule has 0 unspecified atom stereocenters. The van der Waals surface area contributed by atoms with Gasteiger partial charge >= 0.3 is 0 Å². The fourth-order valence-corrected chi connectivity index (χ4v) is 5.99. The van der Waals surface area contributed by atoms with Crippen LogP contribution < -0.4 is 15.6 Å². The highest BCUT2D eigenvalue weighted by Gasteiger charge is 2.20. The number of phenols is 1. The Morgan fingerprint density at radius 2 is 1.89 bits per heavy atom. The average molecular weight is 596 g/mol. The number of ether oxygens (including phenoxy) is 1. The molecular weight excluding hydrogens is 554 g/mol. The number of rotatable bonds is 10. The number of phenolic OH excluding ortho intramolecular Hbond substituents is 1. The first-order chi connectivity index (χ1) is 21.2. The first-order valence-corrected chi connectivity index (χ1v) is 15.3. The van der Waals surface area contributed by atoms with Gasteiger partial charge in [-0.15, -0.1) is 0 Å². The molecule has 0 radical (unpaired) electrons. The number of ketones is 1. The minimum Gasteiger partial charge on any atom is -0.507 e. The van der Waals surface area contributed by atoms with Crippen LogP contribution in [0.1, 0.15) is 52.9 Å². The Hall–Kier alpha value is -4.43. The number of morpholine rings is 1. The number of allylic oxidation sites excluding steroid dienone is 4. The first kappa shape index (κ1) is 31.0. The van der Waals surface area contributed by atoms with Crippen LogP contribution in [0.2, 0.25) is 0 Å². The summed E-state index contributed by atoms with van der Waals surface area (Å²) in [6.07, 6.45) is 9.60.